The maximum Gasteiger partial charge on any atom is 0.153 e. The number of rotatable bonds is 1. The van der Waals surface area contributed by atoms with Crippen molar-refractivity contribution in [3.8, 4) is 5.82 Å². The van der Waals surface area contributed by atoms with E-state index in [0.29, 0.717) is 5.69 Å². The minimum Gasteiger partial charge on any atom is -0.398 e. The maximum atomic E-state index is 5.73. The van der Waals surface area contributed by atoms with Crippen LogP contribution >= 0.6 is 15.9 Å². The Hall–Kier alpha value is -1.29. The molecule has 0 bridgehead atoms. The summed E-state index contributed by atoms with van der Waals surface area (Å²) >= 11 is 3.39. The zero-order valence-corrected chi connectivity index (χ0v) is 8.40. The van der Waals surface area contributed by atoms with Crippen LogP contribution in [0.2, 0.25) is 0 Å². The maximum absolute atomic E-state index is 5.73. The lowest BCUT2D eigenvalue weighted by Crippen LogP contribution is -1.98. The molecule has 0 atom stereocenters. The van der Waals surface area contributed by atoms with E-state index in [0.717, 1.165) is 10.3 Å². The van der Waals surface area contributed by atoms with Crippen LogP contribution in [0.15, 0.2) is 41.3 Å². The highest BCUT2D eigenvalue weighted by Crippen LogP contribution is 2.24. The Balaban J connectivity index is 2.59. The number of anilines is 1. The molecule has 0 aliphatic heterocycles. The SMILES string of the molecule is Nc1ccnc(-n2cccc2)c1Br. The van der Waals surface area contributed by atoms with E-state index in [9.17, 15) is 0 Å². The second-order valence-corrected chi connectivity index (χ2v) is 3.42. The van der Waals surface area contributed by atoms with Gasteiger partial charge in [0.25, 0.3) is 0 Å². The molecule has 0 aliphatic rings. The summed E-state index contributed by atoms with van der Waals surface area (Å²) in [7, 11) is 0. The lowest BCUT2D eigenvalue weighted by molar-refractivity contribution is 1.00. The molecule has 2 rings (SSSR count). The van der Waals surface area contributed by atoms with E-state index in [-0.39, 0.29) is 0 Å². The van der Waals surface area contributed by atoms with Gasteiger partial charge >= 0.3 is 0 Å². The van der Waals surface area contributed by atoms with Gasteiger partial charge in [0, 0.05) is 18.6 Å². The van der Waals surface area contributed by atoms with Crippen LogP contribution in [0.25, 0.3) is 5.82 Å². The van der Waals surface area contributed by atoms with Gasteiger partial charge in [-0.05, 0) is 34.1 Å². The zero-order chi connectivity index (χ0) is 9.26. The second-order valence-electron chi connectivity index (χ2n) is 2.63. The van der Waals surface area contributed by atoms with Crippen molar-refractivity contribution in [3.05, 3.63) is 41.3 Å². The first-order valence-corrected chi connectivity index (χ1v) is 4.61. The normalized spacial score (nSPS) is 10.2. The molecule has 0 amide bonds. The molecule has 0 saturated heterocycles. The molecule has 2 aromatic rings. The molecule has 0 aliphatic carbocycles. The molecular formula is C9H8BrN3. The fraction of sp³-hybridized carbons (Fsp3) is 0. The summed E-state index contributed by atoms with van der Waals surface area (Å²) < 4.78 is 2.73. The highest BCUT2D eigenvalue weighted by molar-refractivity contribution is 9.10. The van der Waals surface area contributed by atoms with Crippen LogP contribution < -0.4 is 5.73 Å². The standard InChI is InChI=1S/C9H8BrN3/c10-8-7(11)3-4-12-9(8)13-5-1-2-6-13/h1-6H,(H2,11,12). The Labute approximate surface area is 84.3 Å². The Morgan fingerprint density at radius 1 is 1.31 bits per heavy atom. The number of aromatic nitrogens is 2. The van der Waals surface area contributed by atoms with Gasteiger partial charge in [-0.2, -0.15) is 0 Å². The Morgan fingerprint density at radius 2 is 2.00 bits per heavy atom. The van der Waals surface area contributed by atoms with Gasteiger partial charge in [-0.25, -0.2) is 4.98 Å². The fourth-order valence-corrected chi connectivity index (χ4v) is 1.54. The van der Waals surface area contributed by atoms with Gasteiger partial charge in [-0.3, -0.25) is 0 Å². The van der Waals surface area contributed by atoms with Crippen molar-refractivity contribution in [1.29, 1.82) is 0 Å². The molecule has 0 unspecified atom stereocenters. The van der Waals surface area contributed by atoms with Crippen LogP contribution in [0.3, 0.4) is 0 Å². The lowest BCUT2D eigenvalue weighted by Gasteiger charge is -2.05. The van der Waals surface area contributed by atoms with Crippen molar-refractivity contribution < 1.29 is 0 Å². The Kier molecular flexibility index (Phi) is 2.06. The number of hydrogen-bond donors (Lipinski definition) is 1. The molecule has 2 N–H and O–H groups in total. The zero-order valence-electron chi connectivity index (χ0n) is 6.81. The predicted octanol–water partition coefficient (Wildman–Crippen LogP) is 2.22. The summed E-state index contributed by atoms with van der Waals surface area (Å²) in [5, 5.41) is 0. The van der Waals surface area contributed by atoms with Crippen molar-refractivity contribution in [2.45, 2.75) is 0 Å². The second kappa shape index (κ2) is 3.22. The van der Waals surface area contributed by atoms with Crippen molar-refractivity contribution in [1.82, 2.24) is 9.55 Å². The molecule has 2 heterocycles. The number of pyridine rings is 1. The van der Waals surface area contributed by atoms with Crippen LogP contribution in [0.1, 0.15) is 0 Å². The first-order valence-electron chi connectivity index (χ1n) is 3.82. The smallest absolute Gasteiger partial charge is 0.153 e. The summed E-state index contributed by atoms with van der Waals surface area (Å²) in [5.41, 5.74) is 6.42. The van der Waals surface area contributed by atoms with E-state index < -0.39 is 0 Å². The first-order chi connectivity index (χ1) is 6.29. The van der Waals surface area contributed by atoms with E-state index >= 15 is 0 Å². The Bertz CT molecular complexity index is 409. The van der Waals surface area contributed by atoms with E-state index in [1.165, 1.54) is 0 Å². The highest BCUT2D eigenvalue weighted by Gasteiger charge is 2.04. The van der Waals surface area contributed by atoms with Crippen LogP contribution in [0.4, 0.5) is 5.69 Å². The van der Waals surface area contributed by atoms with Crippen LogP contribution in [0.5, 0.6) is 0 Å². The number of hydrogen-bond acceptors (Lipinski definition) is 2. The molecule has 0 aromatic carbocycles. The summed E-state index contributed by atoms with van der Waals surface area (Å²) in [6.07, 6.45) is 5.54. The van der Waals surface area contributed by atoms with Crippen molar-refractivity contribution in [2.24, 2.45) is 0 Å². The third-order valence-electron chi connectivity index (χ3n) is 1.75. The summed E-state index contributed by atoms with van der Waals surface area (Å²) in [6, 6.07) is 5.64. The average molecular weight is 238 g/mol. The van der Waals surface area contributed by atoms with Gasteiger partial charge in [0.2, 0.25) is 0 Å². The van der Waals surface area contributed by atoms with Gasteiger partial charge in [0.05, 0.1) is 10.2 Å². The average Bonchev–Trinajstić information content (AvgIpc) is 2.62. The van der Waals surface area contributed by atoms with Gasteiger partial charge in [-0.15, -0.1) is 0 Å². The molecule has 2 aromatic heterocycles. The topological polar surface area (TPSA) is 43.8 Å². The van der Waals surface area contributed by atoms with Gasteiger partial charge in [0.1, 0.15) is 0 Å². The van der Waals surface area contributed by atoms with E-state index in [1.807, 2.05) is 29.1 Å². The lowest BCUT2D eigenvalue weighted by atomic mass is 10.4. The molecule has 3 nitrogen and oxygen atoms in total. The summed E-state index contributed by atoms with van der Waals surface area (Å²) in [4.78, 5) is 4.22. The quantitative estimate of drug-likeness (QED) is 0.827. The summed E-state index contributed by atoms with van der Waals surface area (Å²) in [6.45, 7) is 0. The molecular weight excluding hydrogens is 230 g/mol. The predicted molar refractivity (Wildman–Crippen MR) is 55.7 cm³/mol. The van der Waals surface area contributed by atoms with Crippen LogP contribution in [0, 0.1) is 0 Å². The first kappa shape index (κ1) is 8.31. The van der Waals surface area contributed by atoms with Crippen LogP contribution in [-0.2, 0) is 0 Å². The molecule has 0 fully saturated rings. The van der Waals surface area contributed by atoms with Crippen molar-refractivity contribution in [2.75, 3.05) is 5.73 Å². The molecule has 4 heteroatoms. The van der Waals surface area contributed by atoms with E-state index in [4.69, 9.17) is 5.73 Å². The van der Waals surface area contributed by atoms with Gasteiger partial charge < -0.3 is 10.3 Å². The fourth-order valence-electron chi connectivity index (χ4n) is 1.10. The number of nitrogens with zero attached hydrogens (tertiary/aromatic N) is 2. The minimum absolute atomic E-state index is 0.693. The molecule has 13 heavy (non-hydrogen) atoms. The van der Waals surface area contributed by atoms with E-state index in [1.54, 1.807) is 12.3 Å². The molecule has 0 radical (unpaired) electrons. The molecule has 66 valence electrons. The van der Waals surface area contributed by atoms with Crippen molar-refractivity contribution in [3.63, 3.8) is 0 Å². The monoisotopic (exact) mass is 237 g/mol. The number of halogens is 1. The van der Waals surface area contributed by atoms with Gasteiger partial charge in [-0.1, -0.05) is 0 Å². The minimum atomic E-state index is 0.693. The molecule has 0 spiro atoms. The van der Waals surface area contributed by atoms with Gasteiger partial charge in [0.15, 0.2) is 5.82 Å². The summed E-state index contributed by atoms with van der Waals surface area (Å²) in [5.74, 6) is 0.810. The third-order valence-corrected chi connectivity index (χ3v) is 2.56. The highest BCUT2D eigenvalue weighted by atomic mass is 79.9. The van der Waals surface area contributed by atoms with Crippen molar-refractivity contribution >= 4 is 21.6 Å². The Morgan fingerprint density at radius 3 is 2.69 bits per heavy atom. The number of nitrogen functional groups attached to an aromatic ring is 1. The molecule has 0 saturated carbocycles. The largest absolute Gasteiger partial charge is 0.398 e. The third kappa shape index (κ3) is 1.45. The van der Waals surface area contributed by atoms with E-state index in [2.05, 4.69) is 20.9 Å². The number of nitrogens with two attached hydrogens (primary N) is 1. The van der Waals surface area contributed by atoms with Crippen LogP contribution in [-0.4, -0.2) is 9.55 Å².